The molecule has 0 radical (unpaired) electrons. The van der Waals surface area contributed by atoms with Crippen molar-refractivity contribution in [3.8, 4) is 11.5 Å². The smallest absolute Gasteiger partial charge is 0.115 e. The normalized spacial score (nSPS) is 11.4. The van der Waals surface area contributed by atoms with E-state index in [1.807, 2.05) is 24.3 Å². The highest BCUT2D eigenvalue weighted by molar-refractivity contribution is 5.52. The standard InChI is InChI=1S/C22H22O2/c1-3-22(17-6-4-16(2)5-7-17,18-8-12-20(23)13-9-18)19-10-14-21(24)15-11-19/h4-15,23-24H,3H2,1-2H3. The predicted molar refractivity (Wildman–Crippen MR) is 97.6 cm³/mol. The molecule has 0 aliphatic rings. The Morgan fingerprint density at radius 2 is 0.958 bits per heavy atom. The minimum absolute atomic E-state index is 0.262. The number of aryl methyl sites for hydroxylation is 1. The van der Waals surface area contributed by atoms with Crippen LogP contribution in [0.4, 0.5) is 0 Å². The molecule has 122 valence electrons. The molecule has 3 rings (SSSR count). The van der Waals surface area contributed by atoms with Gasteiger partial charge in [0.15, 0.2) is 0 Å². The van der Waals surface area contributed by atoms with Crippen molar-refractivity contribution in [1.82, 2.24) is 0 Å². The van der Waals surface area contributed by atoms with Crippen LogP contribution >= 0.6 is 0 Å². The lowest BCUT2D eigenvalue weighted by Gasteiger charge is -2.35. The number of phenolic OH excluding ortho intramolecular Hbond substituents is 2. The summed E-state index contributed by atoms with van der Waals surface area (Å²) < 4.78 is 0. The van der Waals surface area contributed by atoms with Crippen molar-refractivity contribution in [2.45, 2.75) is 25.7 Å². The molecule has 0 bridgehead atoms. The molecule has 3 aromatic carbocycles. The summed E-state index contributed by atoms with van der Waals surface area (Å²) >= 11 is 0. The highest BCUT2D eigenvalue weighted by atomic mass is 16.3. The summed E-state index contributed by atoms with van der Waals surface area (Å²) in [6, 6.07) is 23.4. The Balaban J connectivity index is 2.27. The van der Waals surface area contributed by atoms with E-state index in [1.54, 1.807) is 24.3 Å². The van der Waals surface area contributed by atoms with Crippen molar-refractivity contribution in [3.63, 3.8) is 0 Å². The van der Waals surface area contributed by atoms with Gasteiger partial charge in [0.2, 0.25) is 0 Å². The van der Waals surface area contributed by atoms with Crippen LogP contribution in [0.1, 0.15) is 35.6 Å². The minimum atomic E-state index is -0.324. The molecule has 0 heterocycles. The highest BCUT2D eigenvalue weighted by Crippen LogP contribution is 2.42. The van der Waals surface area contributed by atoms with Crippen LogP contribution in [-0.2, 0) is 5.41 Å². The molecule has 24 heavy (non-hydrogen) atoms. The van der Waals surface area contributed by atoms with Gasteiger partial charge in [-0.25, -0.2) is 0 Å². The third-order valence-electron chi connectivity index (χ3n) is 4.79. The van der Waals surface area contributed by atoms with E-state index in [9.17, 15) is 10.2 Å². The van der Waals surface area contributed by atoms with Crippen molar-refractivity contribution in [2.24, 2.45) is 0 Å². The molecule has 0 fully saturated rings. The van der Waals surface area contributed by atoms with Gasteiger partial charge in [0, 0.05) is 5.41 Å². The third-order valence-corrected chi connectivity index (χ3v) is 4.79. The maximum absolute atomic E-state index is 9.68. The van der Waals surface area contributed by atoms with Gasteiger partial charge in [-0.3, -0.25) is 0 Å². The number of rotatable bonds is 4. The zero-order valence-electron chi connectivity index (χ0n) is 14.0. The Hall–Kier alpha value is -2.74. The van der Waals surface area contributed by atoms with Gasteiger partial charge in [0.05, 0.1) is 0 Å². The molecule has 0 saturated carbocycles. The summed E-state index contributed by atoms with van der Waals surface area (Å²) in [4.78, 5) is 0. The fourth-order valence-electron chi connectivity index (χ4n) is 3.44. The lowest BCUT2D eigenvalue weighted by molar-refractivity contribution is 0.473. The van der Waals surface area contributed by atoms with Gasteiger partial charge >= 0.3 is 0 Å². The lowest BCUT2D eigenvalue weighted by atomic mass is 9.67. The van der Waals surface area contributed by atoms with E-state index in [-0.39, 0.29) is 16.9 Å². The van der Waals surface area contributed by atoms with Gasteiger partial charge in [-0.05, 0) is 54.3 Å². The first kappa shape index (κ1) is 16.1. The average molecular weight is 318 g/mol. The SMILES string of the molecule is CCC(c1ccc(C)cc1)(c1ccc(O)cc1)c1ccc(O)cc1. The second kappa shape index (κ2) is 6.40. The number of phenols is 2. The molecule has 0 aliphatic heterocycles. The molecule has 0 aromatic heterocycles. The van der Waals surface area contributed by atoms with E-state index >= 15 is 0 Å². The van der Waals surface area contributed by atoms with Gasteiger partial charge in [-0.15, -0.1) is 0 Å². The Morgan fingerprint density at radius 3 is 1.29 bits per heavy atom. The molecular formula is C22H22O2. The Bertz CT molecular complexity index is 689. The largest absolute Gasteiger partial charge is 0.508 e. The van der Waals surface area contributed by atoms with Crippen molar-refractivity contribution in [3.05, 3.63) is 95.1 Å². The summed E-state index contributed by atoms with van der Waals surface area (Å²) in [5.41, 5.74) is 4.34. The fraction of sp³-hybridized carbons (Fsp3) is 0.182. The Labute approximate surface area is 143 Å². The Morgan fingerprint density at radius 1 is 0.625 bits per heavy atom. The molecule has 0 aliphatic carbocycles. The van der Waals surface area contributed by atoms with Crippen molar-refractivity contribution >= 4 is 0 Å². The van der Waals surface area contributed by atoms with Gasteiger partial charge in [0.25, 0.3) is 0 Å². The van der Waals surface area contributed by atoms with E-state index in [0.29, 0.717) is 0 Å². The van der Waals surface area contributed by atoms with E-state index in [2.05, 4.69) is 38.1 Å². The maximum atomic E-state index is 9.68. The second-order valence-electron chi connectivity index (χ2n) is 6.22. The summed E-state index contributed by atoms with van der Waals surface area (Å²) in [5.74, 6) is 0.525. The first-order valence-corrected chi connectivity index (χ1v) is 8.22. The van der Waals surface area contributed by atoms with Crippen LogP contribution in [-0.4, -0.2) is 10.2 Å². The quantitative estimate of drug-likeness (QED) is 0.653. The van der Waals surface area contributed by atoms with Crippen LogP contribution < -0.4 is 0 Å². The van der Waals surface area contributed by atoms with Crippen LogP contribution in [0.3, 0.4) is 0 Å². The van der Waals surface area contributed by atoms with Crippen LogP contribution in [0, 0.1) is 6.92 Å². The maximum Gasteiger partial charge on any atom is 0.115 e. The number of benzene rings is 3. The average Bonchev–Trinajstić information content (AvgIpc) is 2.60. The molecule has 2 nitrogen and oxygen atoms in total. The zero-order chi connectivity index (χ0) is 17.2. The van der Waals surface area contributed by atoms with Crippen LogP contribution in [0.25, 0.3) is 0 Å². The minimum Gasteiger partial charge on any atom is -0.508 e. The lowest BCUT2D eigenvalue weighted by Crippen LogP contribution is -2.28. The van der Waals surface area contributed by atoms with E-state index < -0.39 is 0 Å². The number of hydrogen-bond donors (Lipinski definition) is 2. The molecule has 0 amide bonds. The fourth-order valence-corrected chi connectivity index (χ4v) is 3.44. The topological polar surface area (TPSA) is 40.5 Å². The summed E-state index contributed by atoms with van der Waals surface area (Å²) in [6.07, 6.45) is 0.867. The van der Waals surface area contributed by atoms with Crippen molar-refractivity contribution < 1.29 is 10.2 Å². The van der Waals surface area contributed by atoms with Gasteiger partial charge < -0.3 is 10.2 Å². The predicted octanol–water partition coefficient (Wildman–Crippen LogP) is 5.15. The van der Waals surface area contributed by atoms with Crippen LogP contribution in [0.15, 0.2) is 72.8 Å². The molecule has 0 unspecified atom stereocenters. The van der Waals surface area contributed by atoms with Crippen LogP contribution in [0.2, 0.25) is 0 Å². The molecule has 0 spiro atoms. The summed E-state index contributed by atoms with van der Waals surface area (Å²) in [5, 5.41) is 19.4. The first-order valence-electron chi connectivity index (χ1n) is 8.22. The first-order chi connectivity index (χ1) is 11.6. The molecular weight excluding hydrogens is 296 g/mol. The van der Waals surface area contributed by atoms with Crippen LogP contribution in [0.5, 0.6) is 11.5 Å². The molecule has 3 aromatic rings. The molecule has 2 heteroatoms. The van der Waals surface area contributed by atoms with Crippen molar-refractivity contribution in [2.75, 3.05) is 0 Å². The van der Waals surface area contributed by atoms with Gasteiger partial charge in [0.1, 0.15) is 11.5 Å². The molecule has 0 atom stereocenters. The second-order valence-corrected chi connectivity index (χ2v) is 6.22. The third kappa shape index (κ3) is 2.76. The molecule has 0 saturated heterocycles. The zero-order valence-corrected chi connectivity index (χ0v) is 14.0. The van der Waals surface area contributed by atoms with Crippen molar-refractivity contribution in [1.29, 1.82) is 0 Å². The number of aromatic hydroxyl groups is 2. The summed E-state index contributed by atoms with van der Waals surface area (Å²) in [6.45, 7) is 4.25. The number of hydrogen-bond acceptors (Lipinski definition) is 2. The Kier molecular flexibility index (Phi) is 4.30. The monoisotopic (exact) mass is 318 g/mol. The van der Waals surface area contributed by atoms with Gasteiger partial charge in [-0.2, -0.15) is 0 Å². The highest BCUT2D eigenvalue weighted by Gasteiger charge is 2.34. The summed E-state index contributed by atoms with van der Waals surface area (Å²) in [7, 11) is 0. The van der Waals surface area contributed by atoms with E-state index in [4.69, 9.17) is 0 Å². The van der Waals surface area contributed by atoms with E-state index in [1.165, 1.54) is 11.1 Å². The molecule has 2 N–H and O–H groups in total. The van der Waals surface area contributed by atoms with Gasteiger partial charge in [-0.1, -0.05) is 61.0 Å². The van der Waals surface area contributed by atoms with E-state index in [0.717, 1.165) is 17.5 Å².